The summed E-state index contributed by atoms with van der Waals surface area (Å²) in [5.74, 6) is -0.694. The molecule has 12 heteroatoms. The van der Waals surface area contributed by atoms with Gasteiger partial charge in [0.25, 0.3) is 0 Å². The molecule has 1 saturated heterocycles. The fraction of sp³-hybridized carbons (Fsp3) is 0.833. The zero-order valence-corrected chi connectivity index (χ0v) is 33.5. The van der Waals surface area contributed by atoms with E-state index < -0.39 is 26.4 Å². The lowest BCUT2D eigenvalue weighted by molar-refractivity contribution is -0.149. The van der Waals surface area contributed by atoms with Crippen molar-refractivity contribution in [2.75, 3.05) is 34.0 Å². The number of methoxy groups -OCH3 is 1. The molecule has 2 unspecified atom stereocenters. The van der Waals surface area contributed by atoms with Crippen LogP contribution in [0.2, 0.25) is 18.1 Å². The average molecular weight is 711 g/mol. The van der Waals surface area contributed by atoms with Gasteiger partial charge in [-0.05, 0) is 69.2 Å². The number of amides is 2. The number of aromatic nitrogens is 1. The predicted octanol–water partition coefficient (Wildman–Crippen LogP) is 7.42. The van der Waals surface area contributed by atoms with Gasteiger partial charge >= 0.3 is 5.97 Å². The number of unbranched alkanes of at least 4 members (excludes halogenated alkanes) is 2. The van der Waals surface area contributed by atoms with Gasteiger partial charge in [-0.15, -0.1) is 11.3 Å². The van der Waals surface area contributed by atoms with E-state index in [1.165, 1.54) is 18.4 Å². The third-order valence-electron chi connectivity index (χ3n) is 10.4. The molecule has 1 aromatic heterocycles. The van der Waals surface area contributed by atoms with Crippen molar-refractivity contribution in [3.63, 3.8) is 0 Å². The number of hydrogen-bond acceptors (Lipinski definition) is 9. The summed E-state index contributed by atoms with van der Waals surface area (Å²) in [4.78, 5) is 49.6. The SMILES string of the molecule is CCCCCOCN(C(=O)[C@@H](NC(=O)C1CCCCN1C)C(C)CC)[C@H](C[C@H](O[Si](CC)(CC)CC)c1nc(C(=O)OC)cs1)C(C)C. The highest BCUT2D eigenvalue weighted by molar-refractivity contribution is 7.09. The van der Waals surface area contributed by atoms with Gasteiger partial charge in [0.2, 0.25) is 11.8 Å². The van der Waals surface area contributed by atoms with Crippen LogP contribution < -0.4 is 5.32 Å². The van der Waals surface area contributed by atoms with Crippen LogP contribution in [0, 0.1) is 11.8 Å². The van der Waals surface area contributed by atoms with Crippen LogP contribution in [0.15, 0.2) is 5.38 Å². The van der Waals surface area contributed by atoms with Gasteiger partial charge in [-0.25, -0.2) is 9.78 Å². The van der Waals surface area contributed by atoms with Crippen LogP contribution in [-0.4, -0.2) is 93.1 Å². The summed E-state index contributed by atoms with van der Waals surface area (Å²) in [7, 11) is 1.22. The van der Waals surface area contributed by atoms with Crippen molar-refractivity contribution in [1.29, 1.82) is 0 Å². The highest BCUT2D eigenvalue weighted by atomic mass is 32.1. The first-order valence-corrected chi connectivity index (χ1v) is 21.9. The van der Waals surface area contributed by atoms with E-state index in [2.05, 4.69) is 58.7 Å². The second kappa shape index (κ2) is 21.4. The third-order valence-corrected chi connectivity index (χ3v) is 16.0. The fourth-order valence-electron chi connectivity index (χ4n) is 6.57. The Labute approximate surface area is 296 Å². The Morgan fingerprint density at radius 3 is 2.33 bits per heavy atom. The van der Waals surface area contributed by atoms with Gasteiger partial charge in [0.1, 0.15) is 17.8 Å². The maximum Gasteiger partial charge on any atom is 0.357 e. The molecule has 10 nitrogen and oxygen atoms in total. The molecule has 1 aromatic rings. The second-order valence-corrected chi connectivity index (χ2v) is 19.5. The Kier molecular flexibility index (Phi) is 18.8. The van der Waals surface area contributed by atoms with Crippen molar-refractivity contribution in [2.45, 2.75) is 149 Å². The number of carbonyl (C=O) groups excluding carboxylic acids is 3. The number of rotatable bonds is 22. The molecule has 276 valence electrons. The van der Waals surface area contributed by atoms with Crippen LogP contribution >= 0.6 is 11.3 Å². The van der Waals surface area contributed by atoms with Gasteiger partial charge in [-0.2, -0.15) is 0 Å². The summed E-state index contributed by atoms with van der Waals surface area (Å²) in [6, 6.07) is 1.69. The lowest BCUT2D eigenvalue weighted by atomic mass is 9.92. The minimum absolute atomic E-state index is 0.0537. The predicted molar refractivity (Wildman–Crippen MR) is 197 cm³/mol. The quantitative estimate of drug-likeness (QED) is 0.0574. The number of likely N-dealkylation sites (N-methyl/N-ethyl adjacent to an activating group) is 1. The second-order valence-electron chi connectivity index (χ2n) is 13.9. The molecule has 2 amide bonds. The Morgan fingerprint density at radius 1 is 1.08 bits per heavy atom. The molecule has 0 spiro atoms. The highest BCUT2D eigenvalue weighted by Gasteiger charge is 2.40. The van der Waals surface area contributed by atoms with E-state index in [-0.39, 0.29) is 48.2 Å². The van der Waals surface area contributed by atoms with Crippen LogP contribution in [0.4, 0.5) is 0 Å². The van der Waals surface area contributed by atoms with E-state index in [1.807, 2.05) is 18.9 Å². The minimum atomic E-state index is -2.13. The Morgan fingerprint density at radius 2 is 1.77 bits per heavy atom. The molecule has 0 aromatic carbocycles. The van der Waals surface area contributed by atoms with Crippen molar-refractivity contribution in [3.05, 3.63) is 16.1 Å². The smallest absolute Gasteiger partial charge is 0.357 e. The number of esters is 1. The van der Waals surface area contributed by atoms with E-state index in [0.717, 1.165) is 74.6 Å². The summed E-state index contributed by atoms with van der Waals surface area (Å²) in [5.41, 5.74) is 0.267. The summed E-state index contributed by atoms with van der Waals surface area (Å²) < 4.78 is 18.3. The van der Waals surface area contributed by atoms with Gasteiger partial charge in [0, 0.05) is 18.0 Å². The molecule has 0 saturated carbocycles. The number of thiazole rings is 1. The van der Waals surface area contributed by atoms with Crippen LogP contribution in [0.3, 0.4) is 0 Å². The van der Waals surface area contributed by atoms with Crippen LogP contribution in [0.25, 0.3) is 0 Å². The molecule has 1 aliphatic rings. The molecule has 2 rings (SSSR count). The lowest BCUT2D eigenvalue weighted by Crippen LogP contribution is -2.59. The highest BCUT2D eigenvalue weighted by Crippen LogP contribution is 2.37. The first-order valence-electron chi connectivity index (χ1n) is 18.5. The van der Waals surface area contributed by atoms with Crippen molar-refractivity contribution < 1.29 is 28.3 Å². The number of nitrogens with one attached hydrogen (secondary N) is 1. The van der Waals surface area contributed by atoms with Gasteiger partial charge < -0.3 is 24.1 Å². The van der Waals surface area contributed by atoms with Crippen LogP contribution in [-0.2, 0) is 23.5 Å². The molecule has 2 heterocycles. The lowest BCUT2D eigenvalue weighted by Gasteiger charge is -2.41. The van der Waals surface area contributed by atoms with Crippen molar-refractivity contribution in [1.82, 2.24) is 20.1 Å². The maximum absolute atomic E-state index is 14.8. The Hall–Kier alpha value is -1.86. The Balaban J connectivity index is 2.55. The standard InChI is InChI=1S/C36H66N4O6SSi/c1-11-16-19-22-45-25-40(35(42)32(27(8)12-2)38-33(41)29-20-17-18-21-39(29)9)30(26(6)7)23-31(46-48(13-3,14-4)15-5)34-37-28(24-47-34)36(43)44-10/h24,26-27,29-32H,11-23,25H2,1-10H3,(H,38,41)/t27?,29?,30-,31+,32+/m1/s1. The molecule has 48 heavy (non-hydrogen) atoms. The van der Waals surface area contributed by atoms with Crippen LogP contribution in [0.5, 0.6) is 0 Å². The molecule has 5 atom stereocenters. The number of carbonyl (C=O) groups is 3. The molecule has 1 N–H and O–H groups in total. The number of piperidine rings is 1. The maximum atomic E-state index is 14.8. The summed E-state index contributed by atoms with van der Waals surface area (Å²) >= 11 is 1.40. The Bertz CT molecular complexity index is 1110. The molecule has 0 radical (unpaired) electrons. The van der Waals surface area contributed by atoms with E-state index >= 15 is 0 Å². The van der Waals surface area contributed by atoms with E-state index in [0.29, 0.717) is 13.0 Å². The number of nitrogens with zero attached hydrogens (tertiary/aromatic N) is 3. The topological polar surface area (TPSA) is 110 Å². The fourth-order valence-corrected chi connectivity index (χ4v) is 10.3. The van der Waals surface area contributed by atoms with Crippen molar-refractivity contribution in [2.24, 2.45) is 11.8 Å². The average Bonchev–Trinajstić information content (AvgIpc) is 3.59. The first-order chi connectivity index (χ1) is 22.9. The molecule has 1 aliphatic heterocycles. The van der Waals surface area contributed by atoms with Crippen molar-refractivity contribution in [3.8, 4) is 0 Å². The molecule has 1 fully saturated rings. The first kappa shape index (κ1) is 42.3. The van der Waals surface area contributed by atoms with E-state index in [1.54, 1.807) is 5.38 Å². The van der Waals surface area contributed by atoms with Gasteiger partial charge in [0.15, 0.2) is 14.0 Å². The normalized spacial score (nSPS) is 18.3. The number of hydrogen-bond donors (Lipinski definition) is 1. The molecule has 0 bridgehead atoms. The van der Waals surface area contributed by atoms with Crippen molar-refractivity contribution >= 4 is 37.4 Å². The zero-order chi connectivity index (χ0) is 35.9. The summed E-state index contributed by atoms with van der Waals surface area (Å²) in [6.45, 7) is 18.7. The minimum Gasteiger partial charge on any atom is -0.464 e. The number of ether oxygens (including phenoxy) is 2. The molecule has 0 aliphatic carbocycles. The summed E-state index contributed by atoms with van der Waals surface area (Å²) in [6.07, 6.45) is 6.77. The van der Waals surface area contributed by atoms with E-state index in [9.17, 15) is 14.4 Å². The largest absolute Gasteiger partial charge is 0.464 e. The number of likely N-dealkylation sites (tertiary alicyclic amines) is 1. The van der Waals surface area contributed by atoms with Gasteiger partial charge in [0.05, 0.1) is 19.3 Å². The molecular weight excluding hydrogens is 645 g/mol. The monoisotopic (exact) mass is 710 g/mol. The summed E-state index contributed by atoms with van der Waals surface area (Å²) in [5, 5.41) is 5.66. The molecular formula is C36H66N4O6SSi. The third kappa shape index (κ3) is 11.9. The zero-order valence-electron chi connectivity index (χ0n) is 31.6. The van der Waals surface area contributed by atoms with Gasteiger partial charge in [-0.1, -0.05) is 81.1 Å². The van der Waals surface area contributed by atoms with E-state index in [4.69, 9.17) is 18.9 Å². The van der Waals surface area contributed by atoms with Gasteiger partial charge in [-0.3, -0.25) is 14.5 Å². The van der Waals surface area contributed by atoms with Crippen LogP contribution in [0.1, 0.15) is 128 Å².